The standard InChI is InChI=1S/C17H16N2O3S/c1-21-13-6-4-12(5-7-13)16-15(19-11-22-16)17(20)18-9-8-14-3-2-10-23-14/h2-7,10-11H,8-9H2,1H3,(H,18,20). The number of hydrogen-bond acceptors (Lipinski definition) is 5. The number of ether oxygens (including phenoxy) is 1. The average molecular weight is 328 g/mol. The molecule has 0 aliphatic carbocycles. The van der Waals surface area contributed by atoms with Gasteiger partial charge >= 0.3 is 0 Å². The molecule has 118 valence electrons. The van der Waals surface area contributed by atoms with Gasteiger partial charge in [-0.05, 0) is 42.1 Å². The second-order valence-electron chi connectivity index (χ2n) is 4.84. The average Bonchev–Trinajstić information content (AvgIpc) is 3.26. The van der Waals surface area contributed by atoms with Gasteiger partial charge in [-0.15, -0.1) is 11.3 Å². The Labute approximate surface area is 137 Å². The van der Waals surface area contributed by atoms with Gasteiger partial charge in [0.15, 0.2) is 17.8 Å². The zero-order chi connectivity index (χ0) is 16.1. The summed E-state index contributed by atoms with van der Waals surface area (Å²) in [7, 11) is 1.61. The van der Waals surface area contributed by atoms with Crippen LogP contribution < -0.4 is 10.1 Å². The number of nitrogens with zero attached hydrogens (tertiary/aromatic N) is 1. The van der Waals surface area contributed by atoms with Gasteiger partial charge in [0.2, 0.25) is 0 Å². The van der Waals surface area contributed by atoms with Crippen LogP contribution in [0.1, 0.15) is 15.4 Å². The van der Waals surface area contributed by atoms with Gasteiger partial charge in [0.25, 0.3) is 5.91 Å². The number of amides is 1. The Morgan fingerprint density at radius 3 is 2.83 bits per heavy atom. The van der Waals surface area contributed by atoms with Crippen molar-refractivity contribution in [2.24, 2.45) is 0 Å². The van der Waals surface area contributed by atoms with Crippen LogP contribution in [-0.2, 0) is 6.42 Å². The first-order valence-corrected chi connectivity index (χ1v) is 8.04. The van der Waals surface area contributed by atoms with Crippen molar-refractivity contribution < 1.29 is 13.9 Å². The summed E-state index contributed by atoms with van der Waals surface area (Å²) in [6, 6.07) is 11.4. The van der Waals surface area contributed by atoms with Crippen LogP contribution in [0.2, 0.25) is 0 Å². The quantitative estimate of drug-likeness (QED) is 0.753. The summed E-state index contributed by atoms with van der Waals surface area (Å²) in [5.41, 5.74) is 1.08. The van der Waals surface area contributed by atoms with Crippen LogP contribution in [0.4, 0.5) is 0 Å². The maximum Gasteiger partial charge on any atom is 0.273 e. The molecule has 0 spiro atoms. The number of nitrogens with one attached hydrogen (secondary N) is 1. The molecular formula is C17H16N2O3S. The number of hydrogen-bond donors (Lipinski definition) is 1. The lowest BCUT2D eigenvalue weighted by molar-refractivity contribution is 0.0950. The van der Waals surface area contributed by atoms with Crippen LogP contribution in [0.3, 0.4) is 0 Å². The SMILES string of the molecule is COc1ccc(-c2ocnc2C(=O)NCCc2cccs2)cc1. The Morgan fingerprint density at radius 1 is 1.30 bits per heavy atom. The zero-order valence-electron chi connectivity index (χ0n) is 12.6. The third-order valence-electron chi connectivity index (χ3n) is 3.37. The van der Waals surface area contributed by atoms with Crippen LogP contribution >= 0.6 is 11.3 Å². The summed E-state index contributed by atoms with van der Waals surface area (Å²) in [4.78, 5) is 17.6. The molecule has 0 aliphatic heterocycles. The second kappa shape index (κ2) is 7.11. The molecule has 0 bridgehead atoms. The van der Waals surface area contributed by atoms with E-state index in [4.69, 9.17) is 9.15 Å². The summed E-state index contributed by atoms with van der Waals surface area (Å²) >= 11 is 1.68. The first-order valence-electron chi connectivity index (χ1n) is 7.16. The molecule has 0 aliphatic rings. The first kappa shape index (κ1) is 15.3. The molecule has 2 aromatic heterocycles. The van der Waals surface area contributed by atoms with E-state index < -0.39 is 0 Å². The number of carbonyl (C=O) groups is 1. The molecule has 0 atom stereocenters. The number of rotatable bonds is 6. The summed E-state index contributed by atoms with van der Waals surface area (Å²) in [5, 5.41) is 4.90. The van der Waals surface area contributed by atoms with Gasteiger partial charge in [-0.3, -0.25) is 4.79 Å². The van der Waals surface area contributed by atoms with E-state index in [1.165, 1.54) is 11.3 Å². The van der Waals surface area contributed by atoms with Crippen LogP contribution in [0.15, 0.2) is 52.6 Å². The predicted octanol–water partition coefficient (Wildman–Crippen LogP) is 3.38. The first-order chi connectivity index (χ1) is 11.3. The molecule has 0 radical (unpaired) electrons. The van der Waals surface area contributed by atoms with Crippen molar-refractivity contribution in [1.82, 2.24) is 10.3 Å². The highest BCUT2D eigenvalue weighted by atomic mass is 32.1. The van der Waals surface area contributed by atoms with Gasteiger partial charge in [0.1, 0.15) is 5.75 Å². The highest BCUT2D eigenvalue weighted by Gasteiger charge is 2.18. The van der Waals surface area contributed by atoms with E-state index >= 15 is 0 Å². The van der Waals surface area contributed by atoms with E-state index in [0.29, 0.717) is 18.0 Å². The number of thiophene rings is 1. The minimum absolute atomic E-state index is 0.235. The van der Waals surface area contributed by atoms with Crippen molar-refractivity contribution in [1.29, 1.82) is 0 Å². The Morgan fingerprint density at radius 2 is 2.13 bits per heavy atom. The largest absolute Gasteiger partial charge is 0.497 e. The molecule has 2 heterocycles. The molecule has 5 nitrogen and oxygen atoms in total. The Balaban J connectivity index is 1.68. The predicted molar refractivity (Wildman–Crippen MR) is 88.8 cm³/mol. The summed E-state index contributed by atoms with van der Waals surface area (Å²) in [5.74, 6) is 0.970. The van der Waals surface area contributed by atoms with Crippen molar-refractivity contribution >= 4 is 17.2 Å². The number of carbonyl (C=O) groups excluding carboxylic acids is 1. The molecular weight excluding hydrogens is 312 g/mol. The highest BCUT2D eigenvalue weighted by molar-refractivity contribution is 7.09. The lowest BCUT2D eigenvalue weighted by Crippen LogP contribution is -2.26. The van der Waals surface area contributed by atoms with Crippen molar-refractivity contribution in [2.45, 2.75) is 6.42 Å². The molecule has 0 unspecified atom stereocenters. The summed E-state index contributed by atoms with van der Waals surface area (Å²) in [6.45, 7) is 0.564. The van der Waals surface area contributed by atoms with E-state index in [1.807, 2.05) is 35.7 Å². The van der Waals surface area contributed by atoms with Gasteiger partial charge < -0.3 is 14.5 Å². The van der Waals surface area contributed by atoms with E-state index in [-0.39, 0.29) is 5.91 Å². The molecule has 1 N–H and O–H groups in total. The third kappa shape index (κ3) is 3.60. The zero-order valence-corrected chi connectivity index (χ0v) is 13.4. The molecule has 0 fully saturated rings. The highest BCUT2D eigenvalue weighted by Crippen LogP contribution is 2.25. The number of methoxy groups -OCH3 is 1. The molecule has 3 rings (SSSR count). The van der Waals surface area contributed by atoms with Crippen molar-refractivity contribution in [2.75, 3.05) is 13.7 Å². The number of oxazole rings is 1. The second-order valence-corrected chi connectivity index (χ2v) is 5.88. The van der Waals surface area contributed by atoms with Crippen molar-refractivity contribution in [3.63, 3.8) is 0 Å². The van der Waals surface area contributed by atoms with E-state index in [9.17, 15) is 4.79 Å². The summed E-state index contributed by atoms with van der Waals surface area (Å²) < 4.78 is 10.5. The fourth-order valence-electron chi connectivity index (χ4n) is 2.19. The Kier molecular flexibility index (Phi) is 4.73. The lowest BCUT2D eigenvalue weighted by atomic mass is 10.1. The monoisotopic (exact) mass is 328 g/mol. The Bertz CT molecular complexity index is 764. The van der Waals surface area contributed by atoms with Crippen LogP contribution in [-0.4, -0.2) is 24.5 Å². The van der Waals surface area contributed by atoms with Crippen LogP contribution in [0.5, 0.6) is 5.75 Å². The number of benzene rings is 1. The fraction of sp³-hybridized carbons (Fsp3) is 0.176. The molecule has 1 aromatic carbocycles. The van der Waals surface area contributed by atoms with Crippen molar-refractivity contribution in [3.8, 4) is 17.1 Å². The van der Waals surface area contributed by atoms with E-state index in [0.717, 1.165) is 17.7 Å². The van der Waals surface area contributed by atoms with E-state index in [2.05, 4.69) is 16.4 Å². The minimum atomic E-state index is -0.235. The molecule has 6 heteroatoms. The fourth-order valence-corrected chi connectivity index (χ4v) is 2.90. The third-order valence-corrected chi connectivity index (χ3v) is 4.31. The minimum Gasteiger partial charge on any atom is -0.497 e. The van der Waals surface area contributed by atoms with Crippen molar-refractivity contribution in [3.05, 3.63) is 58.7 Å². The van der Waals surface area contributed by atoms with Gasteiger partial charge in [0.05, 0.1) is 7.11 Å². The normalized spacial score (nSPS) is 10.5. The molecule has 0 saturated carbocycles. The molecule has 23 heavy (non-hydrogen) atoms. The lowest BCUT2D eigenvalue weighted by Gasteiger charge is -2.05. The smallest absolute Gasteiger partial charge is 0.273 e. The topological polar surface area (TPSA) is 64.4 Å². The maximum absolute atomic E-state index is 12.3. The molecule has 1 amide bonds. The maximum atomic E-state index is 12.3. The Hall–Kier alpha value is -2.60. The number of aromatic nitrogens is 1. The molecule has 3 aromatic rings. The van der Waals surface area contributed by atoms with Gasteiger partial charge in [-0.25, -0.2) is 4.98 Å². The van der Waals surface area contributed by atoms with Gasteiger partial charge in [-0.1, -0.05) is 6.07 Å². The van der Waals surface area contributed by atoms with Crippen LogP contribution in [0, 0.1) is 0 Å². The molecule has 0 saturated heterocycles. The van der Waals surface area contributed by atoms with E-state index in [1.54, 1.807) is 18.4 Å². The van der Waals surface area contributed by atoms with Gasteiger partial charge in [-0.2, -0.15) is 0 Å². The van der Waals surface area contributed by atoms with Crippen LogP contribution in [0.25, 0.3) is 11.3 Å². The summed E-state index contributed by atoms with van der Waals surface area (Å²) in [6.07, 6.45) is 2.09. The van der Waals surface area contributed by atoms with Gasteiger partial charge in [0, 0.05) is 17.0 Å².